The summed E-state index contributed by atoms with van der Waals surface area (Å²) in [6.45, 7) is 0.187. The number of amides is 2. The molecule has 4 rings (SSSR count). The Morgan fingerprint density at radius 2 is 2.07 bits per heavy atom. The molecular formula is C18H21N5O4S. The second-order valence-corrected chi connectivity index (χ2v) is 8.98. The Kier molecular flexibility index (Phi) is 4.47. The molecule has 0 bridgehead atoms. The summed E-state index contributed by atoms with van der Waals surface area (Å²) in [5, 5.41) is 9.69. The molecule has 0 saturated heterocycles. The van der Waals surface area contributed by atoms with Crippen LogP contribution in [-0.2, 0) is 39.6 Å². The first kappa shape index (κ1) is 18.6. The molecule has 2 N–H and O–H groups in total. The van der Waals surface area contributed by atoms with Gasteiger partial charge in [0.25, 0.3) is 0 Å². The summed E-state index contributed by atoms with van der Waals surface area (Å²) in [5.41, 5.74) is 2.77. The van der Waals surface area contributed by atoms with E-state index in [1.165, 1.54) is 17.4 Å². The molecule has 1 aromatic carbocycles. The Morgan fingerprint density at radius 3 is 2.82 bits per heavy atom. The molecule has 148 valence electrons. The number of benzene rings is 1. The molecule has 9 nitrogen and oxygen atoms in total. The van der Waals surface area contributed by atoms with Gasteiger partial charge in [0, 0.05) is 51.1 Å². The molecule has 2 aliphatic rings. The number of carbonyl (C=O) groups excluding carboxylic acids is 2. The fourth-order valence-corrected chi connectivity index (χ4v) is 5.23. The summed E-state index contributed by atoms with van der Waals surface area (Å²) in [6.07, 6.45) is 2.57. The minimum atomic E-state index is -3.81. The van der Waals surface area contributed by atoms with Gasteiger partial charge in [-0.25, -0.2) is 8.42 Å². The smallest absolute Gasteiger partial charge is 0.243 e. The van der Waals surface area contributed by atoms with Gasteiger partial charge in [0.05, 0.1) is 16.5 Å². The first-order chi connectivity index (χ1) is 13.3. The Balaban J connectivity index is 1.70. The van der Waals surface area contributed by atoms with Gasteiger partial charge in [-0.3, -0.25) is 14.3 Å². The second-order valence-electron chi connectivity index (χ2n) is 7.04. The van der Waals surface area contributed by atoms with E-state index in [4.69, 9.17) is 0 Å². The van der Waals surface area contributed by atoms with Crippen LogP contribution in [0, 0.1) is 0 Å². The molecule has 0 fully saturated rings. The van der Waals surface area contributed by atoms with Crippen LogP contribution in [0.5, 0.6) is 0 Å². The van der Waals surface area contributed by atoms with Crippen molar-refractivity contribution in [2.24, 2.45) is 7.05 Å². The van der Waals surface area contributed by atoms with Crippen molar-refractivity contribution in [2.75, 3.05) is 18.9 Å². The molecule has 10 heteroatoms. The number of rotatable bonds is 3. The zero-order valence-electron chi connectivity index (χ0n) is 15.6. The lowest BCUT2D eigenvalue weighted by Crippen LogP contribution is -2.43. The van der Waals surface area contributed by atoms with E-state index < -0.39 is 15.9 Å². The van der Waals surface area contributed by atoms with Crippen molar-refractivity contribution >= 4 is 27.5 Å². The van der Waals surface area contributed by atoms with Crippen LogP contribution in [0.1, 0.15) is 29.2 Å². The van der Waals surface area contributed by atoms with Crippen molar-refractivity contribution in [2.45, 2.75) is 30.2 Å². The van der Waals surface area contributed by atoms with Gasteiger partial charge in [-0.1, -0.05) is 0 Å². The summed E-state index contributed by atoms with van der Waals surface area (Å²) in [7, 11) is -0.544. The predicted molar refractivity (Wildman–Crippen MR) is 101 cm³/mol. The van der Waals surface area contributed by atoms with E-state index in [1.54, 1.807) is 30.1 Å². The number of likely N-dealkylation sites (N-methyl/N-ethyl adjacent to an activating group) is 1. The highest BCUT2D eigenvalue weighted by atomic mass is 32.2. The van der Waals surface area contributed by atoms with E-state index in [0.717, 1.165) is 11.1 Å². The van der Waals surface area contributed by atoms with Crippen LogP contribution in [0.3, 0.4) is 0 Å². The SMILES string of the molecule is CNC(=O)[C@@H]1CN(S(=O)(=O)c2ccc3c(c2)CCC(=O)N3)Cc2cn(C)nc21. The largest absolute Gasteiger partial charge is 0.359 e. The van der Waals surface area contributed by atoms with Crippen LogP contribution in [0.15, 0.2) is 29.3 Å². The van der Waals surface area contributed by atoms with Crippen molar-refractivity contribution in [1.29, 1.82) is 0 Å². The Labute approximate surface area is 162 Å². The van der Waals surface area contributed by atoms with Crippen LogP contribution in [0.25, 0.3) is 0 Å². The van der Waals surface area contributed by atoms with E-state index in [0.29, 0.717) is 24.2 Å². The van der Waals surface area contributed by atoms with Crippen LogP contribution < -0.4 is 10.6 Å². The normalized spacial score (nSPS) is 19.5. The molecule has 0 spiro atoms. The maximum atomic E-state index is 13.3. The molecule has 0 radical (unpaired) electrons. The molecule has 2 aliphatic heterocycles. The zero-order chi connectivity index (χ0) is 20.1. The monoisotopic (exact) mass is 403 g/mol. The van der Waals surface area contributed by atoms with E-state index in [1.807, 2.05) is 0 Å². The minimum absolute atomic E-state index is 0.0276. The van der Waals surface area contributed by atoms with Crippen LogP contribution in [0.4, 0.5) is 5.69 Å². The molecule has 1 aromatic heterocycles. The van der Waals surface area contributed by atoms with Crippen LogP contribution in [0.2, 0.25) is 0 Å². The van der Waals surface area contributed by atoms with E-state index in [9.17, 15) is 18.0 Å². The molecule has 2 aromatic rings. The van der Waals surface area contributed by atoms with E-state index >= 15 is 0 Å². The van der Waals surface area contributed by atoms with Crippen LogP contribution >= 0.6 is 0 Å². The number of aromatic nitrogens is 2. The molecule has 1 atom stereocenters. The summed E-state index contributed by atoms with van der Waals surface area (Å²) in [4.78, 5) is 24.0. The van der Waals surface area contributed by atoms with Crippen molar-refractivity contribution < 1.29 is 18.0 Å². The molecular weight excluding hydrogens is 382 g/mol. The number of nitrogens with zero attached hydrogens (tertiary/aromatic N) is 3. The third kappa shape index (κ3) is 3.08. The number of hydrogen-bond acceptors (Lipinski definition) is 5. The number of carbonyl (C=O) groups is 2. The Morgan fingerprint density at radius 1 is 1.29 bits per heavy atom. The summed E-state index contributed by atoms with van der Waals surface area (Å²) in [5.74, 6) is -1.01. The average molecular weight is 403 g/mol. The van der Waals surface area contributed by atoms with Gasteiger partial charge in [0.15, 0.2) is 0 Å². The fourth-order valence-electron chi connectivity index (χ4n) is 3.75. The number of anilines is 1. The standard InChI is InChI=1S/C18H21N5O4S/c1-19-18(25)14-10-23(9-12-8-22(2)21-17(12)14)28(26,27)13-4-5-15-11(7-13)3-6-16(24)20-15/h4-5,7-8,14H,3,6,9-10H2,1-2H3,(H,19,25)(H,20,24)/t14-/m1/s1. The highest BCUT2D eigenvalue weighted by Gasteiger charge is 2.38. The third-order valence-corrected chi connectivity index (χ3v) is 6.98. The maximum Gasteiger partial charge on any atom is 0.243 e. The quantitative estimate of drug-likeness (QED) is 0.767. The summed E-state index contributed by atoms with van der Waals surface area (Å²) < 4.78 is 29.5. The molecule has 0 unspecified atom stereocenters. The molecule has 3 heterocycles. The lowest BCUT2D eigenvalue weighted by atomic mass is 9.97. The van der Waals surface area contributed by atoms with Crippen molar-refractivity contribution in [3.8, 4) is 0 Å². The van der Waals surface area contributed by atoms with Gasteiger partial charge in [-0.15, -0.1) is 0 Å². The first-order valence-corrected chi connectivity index (χ1v) is 10.4. The zero-order valence-corrected chi connectivity index (χ0v) is 16.4. The second kappa shape index (κ2) is 6.71. The fraction of sp³-hybridized carbons (Fsp3) is 0.389. The molecule has 0 saturated carbocycles. The maximum absolute atomic E-state index is 13.3. The lowest BCUT2D eigenvalue weighted by Gasteiger charge is -2.30. The lowest BCUT2D eigenvalue weighted by molar-refractivity contribution is -0.122. The molecule has 2 amide bonds. The number of hydrogen-bond donors (Lipinski definition) is 2. The Bertz CT molecular complexity index is 1080. The molecule has 0 aliphatic carbocycles. The minimum Gasteiger partial charge on any atom is -0.359 e. The summed E-state index contributed by atoms with van der Waals surface area (Å²) in [6, 6.07) is 4.72. The van der Waals surface area contributed by atoms with Crippen molar-refractivity contribution in [3.63, 3.8) is 0 Å². The number of sulfonamides is 1. The average Bonchev–Trinajstić information content (AvgIpc) is 3.06. The highest BCUT2D eigenvalue weighted by molar-refractivity contribution is 7.89. The van der Waals surface area contributed by atoms with E-state index in [-0.39, 0.29) is 29.8 Å². The number of fused-ring (bicyclic) bond motifs is 2. The van der Waals surface area contributed by atoms with E-state index in [2.05, 4.69) is 15.7 Å². The van der Waals surface area contributed by atoms with Gasteiger partial charge in [-0.05, 0) is 30.2 Å². The highest BCUT2D eigenvalue weighted by Crippen LogP contribution is 2.33. The van der Waals surface area contributed by atoms with Crippen molar-refractivity contribution in [1.82, 2.24) is 19.4 Å². The summed E-state index contributed by atoms with van der Waals surface area (Å²) >= 11 is 0. The molecule has 28 heavy (non-hydrogen) atoms. The first-order valence-electron chi connectivity index (χ1n) is 8.96. The third-order valence-electron chi connectivity index (χ3n) is 5.17. The number of nitrogens with one attached hydrogen (secondary N) is 2. The van der Waals surface area contributed by atoms with Gasteiger partial charge >= 0.3 is 0 Å². The Hall–Kier alpha value is -2.72. The van der Waals surface area contributed by atoms with Gasteiger partial charge in [0.1, 0.15) is 0 Å². The number of aryl methyl sites for hydroxylation is 2. The van der Waals surface area contributed by atoms with Crippen LogP contribution in [-0.4, -0.2) is 47.9 Å². The predicted octanol–water partition coefficient (Wildman–Crippen LogP) is 0.339. The van der Waals surface area contributed by atoms with Gasteiger partial charge < -0.3 is 10.6 Å². The van der Waals surface area contributed by atoms with Gasteiger partial charge in [0.2, 0.25) is 21.8 Å². The van der Waals surface area contributed by atoms with Gasteiger partial charge in [-0.2, -0.15) is 9.40 Å². The van der Waals surface area contributed by atoms with Crippen molar-refractivity contribution in [3.05, 3.63) is 41.2 Å². The topological polar surface area (TPSA) is 113 Å².